The summed E-state index contributed by atoms with van der Waals surface area (Å²) in [6, 6.07) is 6.37. The lowest BCUT2D eigenvalue weighted by Crippen LogP contribution is -2.27. The minimum Gasteiger partial charge on any atom is -0.439 e. The van der Waals surface area contributed by atoms with Gasteiger partial charge in [-0.2, -0.15) is 0 Å². The fourth-order valence-corrected chi connectivity index (χ4v) is 2.48. The number of nitrogen functional groups attached to an aromatic ring is 1. The number of nitrogens with two attached hydrogens (primary N) is 1. The Hall–Kier alpha value is -1.55. The van der Waals surface area contributed by atoms with Crippen LogP contribution >= 0.6 is 0 Å². The molecule has 0 aliphatic heterocycles. The Morgan fingerprint density at radius 3 is 2.90 bits per heavy atom. The van der Waals surface area contributed by atoms with Crippen molar-refractivity contribution in [3.05, 3.63) is 24.1 Å². The molecule has 1 aromatic carbocycles. The molecule has 0 saturated heterocycles. The quantitative estimate of drug-likeness (QED) is 0.819. The number of aromatic nitrogens is 1. The molecule has 0 atom stereocenters. The molecule has 20 heavy (non-hydrogen) atoms. The monoisotopic (exact) mass is 273 g/mol. The van der Waals surface area contributed by atoms with Gasteiger partial charge in [0.25, 0.3) is 0 Å². The second-order valence-corrected chi connectivity index (χ2v) is 6.22. The molecule has 2 N–H and O–H groups in total. The highest BCUT2D eigenvalue weighted by atomic mass is 16.3. The van der Waals surface area contributed by atoms with Gasteiger partial charge >= 0.3 is 0 Å². The third-order valence-electron chi connectivity index (χ3n) is 3.85. The smallest absolute Gasteiger partial charge is 0.209 e. The van der Waals surface area contributed by atoms with Crippen molar-refractivity contribution in [3.63, 3.8) is 0 Å². The number of anilines is 1. The summed E-state index contributed by atoms with van der Waals surface area (Å²) in [5.41, 5.74) is 8.19. The first-order valence-electron chi connectivity index (χ1n) is 7.51. The number of benzene rings is 1. The molecule has 108 valence electrons. The number of oxazole rings is 1. The van der Waals surface area contributed by atoms with Crippen molar-refractivity contribution >= 4 is 16.8 Å². The maximum absolute atomic E-state index is 5.83. The Morgan fingerprint density at radius 2 is 2.20 bits per heavy atom. The zero-order valence-corrected chi connectivity index (χ0v) is 12.3. The zero-order chi connectivity index (χ0) is 14.1. The summed E-state index contributed by atoms with van der Waals surface area (Å²) in [5.74, 6) is 1.54. The van der Waals surface area contributed by atoms with Gasteiger partial charge in [-0.25, -0.2) is 4.98 Å². The molecule has 0 radical (unpaired) electrons. The lowest BCUT2D eigenvalue weighted by Gasteiger charge is -2.21. The predicted molar refractivity (Wildman–Crippen MR) is 81.3 cm³/mol. The van der Waals surface area contributed by atoms with Crippen LogP contribution in [0.15, 0.2) is 22.6 Å². The second-order valence-electron chi connectivity index (χ2n) is 6.22. The summed E-state index contributed by atoms with van der Waals surface area (Å²) in [7, 11) is 0. The van der Waals surface area contributed by atoms with Crippen molar-refractivity contribution in [1.29, 1.82) is 0 Å². The SMILES string of the molecule is CC(C)CCN(Cc1nc2ccc(N)cc2o1)C1CC1. The Balaban J connectivity index is 1.72. The van der Waals surface area contributed by atoms with Crippen LogP contribution in [0, 0.1) is 5.92 Å². The Bertz CT molecular complexity index is 586. The van der Waals surface area contributed by atoms with E-state index in [4.69, 9.17) is 10.2 Å². The highest BCUT2D eigenvalue weighted by Gasteiger charge is 2.29. The topological polar surface area (TPSA) is 55.3 Å². The maximum Gasteiger partial charge on any atom is 0.209 e. The van der Waals surface area contributed by atoms with Crippen LogP contribution in [0.2, 0.25) is 0 Å². The van der Waals surface area contributed by atoms with E-state index in [0.717, 1.165) is 47.7 Å². The van der Waals surface area contributed by atoms with Crippen molar-refractivity contribution in [2.24, 2.45) is 5.92 Å². The van der Waals surface area contributed by atoms with Crippen LogP contribution in [0.4, 0.5) is 5.69 Å². The van der Waals surface area contributed by atoms with Crippen LogP contribution in [-0.2, 0) is 6.54 Å². The molecule has 0 unspecified atom stereocenters. The summed E-state index contributed by atoms with van der Waals surface area (Å²) in [5, 5.41) is 0. The van der Waals surface area contributed by atoms with Crippen molar-refractivity contribution < 1.29 is 4.42 Å². The molecular weight excluding hydrogens is 250 g/mol. The van der Waals surface area contributed by atoms with Crippen LogP contribution in [0.25, 0.3) is 11.1 Å². The zero-order valence-electron chi connectivity index (χ0n) is 12.3. The fraction of sp³-hybridized carbons (Fsp3) is 0.562. The lowest BCUT2D eigenvalue weighted by atomic mass is 10.1. The van der Waals surface area contributed by atoms with E-state index in [1.165, 1.54) is 19.3 Å². The van der Waals surface area contributed by atoms with Crippen LogP contribution in [0.1, 0.15) is 39.0 Å². The first-order chi connectivity index (χ1) is 9.61. The molecule has 3 rings (SSSR count). The molecule has 1 heterocycles. The van der Waals surface area contributed by atoms with E-state index in [1.807, 2.05) is 18.2 Å². The van der Waals surface area contributed by atoms with Crippen molar-refractivity contribution in [1.82, 2.24) is 9.88 Å². The van der Waals surface area contributed by atoms with Crippen LogP contribution in [0.3, 0.4) is 0 Å². The first kappa shape index (κ1) is 13.4. The average molecular weight is 273 g/mol. The molecule has 2 aromatic rings. The summed E-state index contributed by atoms with van der Waals surface area (Å²) in [6.45, 7) is 6.48. The molecule has 0 spiro atoms. The van der Waals surface area contributed by atoms with E-state index in [2.05, 4.69) is 23.7 Å². The number of fused-ring (bicyclic) bond motifs is 1. The molecule has 1 aliphatic carbocycles. The summed E-state index contributed by atoms with van der Waals surface area (Å²) >= 11 is 0. The molecule has 4 nitrogen and oxygen atoms in total. The van der Waals surface area contributed by atoms with Gasteiger partial charge in [0.15, 0.2) is 5.58 Å². The van der Waals surface area contributed by atoms with Crippen molar-refractivity contribution in [2.75, 3.05) is 12.3 Å². The number of hydrogen-bond acceptors (Lipinski definition) is 4. The van der Waals surface area contributed by atoms with Gasteiger partial charge in [0.1, 0.15) is 5.52 Å². The van der Waals surface area contributed by atoms with Gasteiger partial charge < -0.3 is 10.2 Å². The molecule has 0 bridgehead atoms. The maximum atomic E-state index is 5.83. The van der Waals surface area contributed by atoms with Crippen molar-refractivity contribution in [2.45, 2.75) is 45.7 Å². The van der Waals surface area contributed by atoms with E-state index in [9.17, 15) is 0 Å². The van der Waals surface area contributed by atoms with Gasteiger partial charge in [0.05, 0.1) is 6.54 Å². The third-order valence-corrected chi connectivity index (χ3v) is 3.85. The third kappa shape index (κ3) is 3.12. The standard InChI is InChI=1S/C16H23N3O/c1-11(2)7-8-19(13-4-5-13)10-16-18-14-6-3-12(17)9-15(14)20-16/h3,6,9,11,13H,4-5,7-8,10,17H2,1-2H3. The Morgan fingerprint density at radius 1 is 1.40 bits per heavy atom. The van der Waals surface area contributed by atoms with E-state index in [0.29, 0.717) is 0 Å². The summed E-state index contributed by atoms with van der Waals surface area (Å²) in [6.07, 6.45) is 3.85. The fourth-order valence-electron chi connectivity index (χ4n) is 2.48. The molecular formula is C16H23N3O. The molecule has 1 fully saturated rings. The summed E-state index contributed by atoms with van der Waals surface area (Å²) < 4.78 is 5.83. The van der Waals surface area contributed by atoms with Gasteiger partial charge in [0, 0.05) is 17.8 Å². The minimum atomic E-state index is 0.721. The number of hydrogen-bond donors (Lipinski definition) is 1. The highest BCUT2D eigenvalue weighted by Crippen LogP contribution is 2.29. The Labute approximate surface area is 120 Å². The highest BCUT2D eigenvalue weighted by molar-refractivity contribution is 5.76. The van der Waals surface area contributed by atoms with Crippen molar-refractivity contribution in [3.8, 4) is 0 Å². The van der Waals surface area contributed by atoms with Crippen LogP contribution in [-0.4, -0.2) is 22.5 Å². The van der Waals surface area contributed by atoms with E-state index < -0.39 is 0 Å². The predicted octanol–water partition coefficient (Wildman–Crippen LogP) is 3.42. The van der Waals surface area contributed by atoms with Gasteiger partial charge in [-0.3, -0.25) is 4.90 Å². The molecule has 1 aromatic heterocycles. The van der Waals surface area contributed by atoms with Gasteiger partial charge in [-0.1, -0.05) is 13.8 Å². The summed E-state index contributed by atoms with van der Waals surface area (Å²) in [4.78, 5) is 7.08. The van der Waals surface area contributed by atoms with Gasteiger partial charge in [-0.15, -0.1) is 0 Å². The van der Waals surface area contributed by atoms with E-state index in [1.54, 1.807) is 0 Å². The van der Waals surface area contributed by atoms with Gasteiger partial charge in [-0.05, 0) is 43.9 Å². The second kappa shape index (κ2) is 5.44. The molecule has 1 saturated carbocycles. The van der Waals surface area contributed by atoms with Gasteiger partial charge in [0.2, 0.25) is 5.89 Å². The van der Waals surface area contributed by atoms with E-state index >= 15 is 0 Å². The Kier molecular flexibility index (Phi) is 3.66. The lowest BCUT2D eigenvalue weighted by molar-refractivity contribution is 0.219. The van der Waals surface area contributed by atoms with Crippen LogP contribution < -0.4 is 5.73 Å². The van der Waals surface area contributed by atoms with Crippen LogP contribution in [0.5, 0.6) is 0 Å². The number of nitrogens with zero attached hydrogens (tertiary/aromatic N) is 2. The first-order valence-corrected chi connectivity index (χ1v) is 7.51. The normalized spacial score (nSPS) is 15.6. The molecule has 4 heteroatoms. The number of rotatable bonds is 6. The molecule has 0 amide bonds. The van der Waals surface area contributed by atoms with E-state index in [-0.39, 0.29) is 0 Å². The minimum absolute atomic E-state index is 0.721. The average Bonchev–Trinajstić information content (AvgIpc) is 3.15. The molecule has 1 aliphatic rings. The largest absolute Gasteiger partial charge is 0.439 e.